The number of ketones is 2. The lowest BCUT2D eigenvalue weighted by Crippen LogP contribution is -2.51. The predicted molar refractivity (Wildman–Crippen MR) is 134 cm³/mol. The first-order chi connectivity index (χ1) is 16.4. The van der Waals surface area contributed by atoms with Crippen LogP contribution in [0.5, 0.6) is 0 Å². The molecule has 6 rings (SSSR count). The zero-order valence-corrected chi connectivity index (χ0v) is 21.1. The molecule has 6 nitrogen and oxygen atoms in total. The molecule has 0 bridgehead atoms. The molecule has 1 spiro atoms. The number of hydrogen-bond donors (Lipinski definition) is 0. The average molecular weight is 628 g/mol. The number of imide groups is 1. The summed E-state index contributed by atoms with van der Waals surface area (Å²) in [5.41, 5.74) is -0.582. The van der Waals surface area contributed by atoms with Crippen LogP contribution >= 0.6 is 38.5 Å². The highest BCUT2D eigenvalue weighted by Crippen LogP contribution is 2.58. The second-order valence-corrected chi connectivity index (χ2v) is 10.6. The Bertz CT molecular complexity index is 1400. The molecular formula is C26H15BrINO5. The number of Topliss-reactive ketones (excluding diaryl/α,β-unsaturated/α-hetero) is 2. The lowest BCUT2D eigenvalue weighted by Gasteiger charge is -2.27. The molecule has 2 amide bonds. The summed E-state index contributed by atoms with van der Waals surface area (Å²) >= 11 is 5.50. The molecule has 3 aromatic carbocycles. The van der Waals surface area contributed by atoms with E-state index >= 15 is 0 Å². The second-order valence-electron chi connectivity index (χ2n) is 8.50. The molecular weight excluding hydrogens is 613 g/mol. The molecule has 2 heterocycles. The number of halogens is 2. The van der Waals surface area contributed by atoms with Gasteiger partial charge in [0.15, 0.2) is 0 Å². The Morgan fingerprint density at radius 1 is 0.824 bits per heavy atom. The summed E-state index contributed by atoms with van der Waals surface area (Å²) in [6.45, 7) is 0. The number of amides is 2. The van der Waals surface area contributed by atoms with Crippen LogP contribution in [0.3, 0.4) is 0 Å². The topological polar surface area (TPSA) is 80.8 Å². The maximum absolute atomic E-state index is 13.9. The van der Waals surface area contributed by atoms with Gasteiger partial charge in [-0.3, -0.25) is 19.2 Å². The van der Waals surface area contributed by atoms with Gasteiger partial charge in [0, 0.05) is 19.2 Å². The van der Waals surface area contributed by atoms with Crippen LogP contribution in [0.15, 0.2) is 77.3 Å². The first-order valence-corrected chi connectivity index (χ1v) is 12.5. The van der Waals surface area contributed by atoms with Crippen molar-refractivity contribution in [3.63, 3.8) is 0 Å². The number of anilines is 1. The van der Waals surface area contributed by atoms with Gasteiger partial charge in [-0.2, -0.15) is 0 Å². The number of carbonyl (C=O) groups is 4. The summed E-state index contributed by atoms with van der Waals surface area (Å²) in [5.74, 6) is -4.46. The van der Waals surface area contributed by atoms with Crippen molar-refractivity contribution in [3.8, 4) is 0 Å². The van der Waals surface area contributed by atoms with Crippen LogP contribution in [-0.2, 0) is 14.3 Å². The van der Waals surface area contributed by atoms with Gasteiger partial charge >= 0.3 is 0 Å². The number of ether oxygens (including phenoxy) is 1. The van der Waals surface area contributed by atoms with E-state index in [0.717, 1.165) is 9.37 Å². The second kappa shape index (κ2) is 7.66. The van der Waals surface area contributed by atoms with Crippen molar-refractivity contribution in [2.45, 2.75) is 11.7 Å². The largest absolute Gasteiger partial charge is 0.349 e. The summed E-state index contributed by atoms with van der Waals surface area (Å²) in [6, 6.07) is 20.7. The minimum absolute atomic E-state index is 0.217. The van der Waals surface area contributed by atoms with Gasteiger partial charge in [0.05, 0.1) is 23.6 Å². The van der Waals surface area contributed by atoms with Crippen LogP contribution < -0.4 is 4.90 Å². The fourth-order valence-corrected chi connectivity index (χ4v) is 6.42. The van der Waals surface area contributed by atoms with Crippen LogP contribution in [0.1, 0.15) is 32.4 Å². The molecule has 34 heavy (non-hydrogen) atoms. The Balaban J connectivity index is 1.57. The van der Waals surface area contributed by atoms with Crippen molar-refractivity contribution in [1.29, 1.82) is 0 Å². The Morgan fingerprint density at radius 2 is 1.47 bits per heavy atom. The summed E-state index contributed by atoms with van der Waals surface area (Å²) in [4.78, 5) is 56.3. The van der Waals surface area contributed by atoms with E-state index in [2.05, 4.69) is 38.5 Å². The Morgan fingerprint density at radius 3 is 2.12 bits per heavy atom. The molecule has 0 aromatic heterocycles. The van der Waals surface area contributed by atoms with Gasteiger partial charge in [-0.25, -0.2) is 4.90 Å². The number of nitrogens with zero attached hydrogens (tertiary/aromatic N) is 1. The average Bonchev–Trinajstić information content (AvgIpc) is 3.40. The molecule has 3 atom stereocenters. The van der Waals surface area contributed by atoms with E-state index in [0.29, 0.717) is 14.8 Å². The van der Waals surface area contributed by atoms with E-state index in [9.17, 15) is 19.2 Å². The summed E-state index contributed by atoms with van der Waals surface area (Å²) in [6.07, 6.45) is -0.937. The highest BCUT2D eigenvalue weighted by molar-refractivity contribution is 14.1. The standard InChI is InChI=1S/C26H15BrINO5/c27-14-7-5-6-13(12-14)21-19-20(25(33)29(24(19)32)18-11-4-3-10-17(18)28)26(34-21)22(30)15-8-1-2-9-16(15)23(26)31/h1-12,19-21H/t19-,20+,21+/m1/s1. The molecule has 3 aliphatic rings. The number of benzene rings is 3. The third-order valence-corrected chi connectivity index (χ3v) is 8.20. The molecule has 2 fully saturated rings. The SMILES string of the molecule is O=C1[C@@H]2[C@@H](C(=O)N1c1ccccc1I)C1(O[C@H]2c2cccc(Br)c2)C(=O)c2ccccc2C1=O. The molecule has 2 saturated heterocycles. The van der Waals surface area contributed by atoms with E-state index in [4.69, 9.17) is 4.74 Å². The van der Waals surface area contributed by atoms with Crippen LogP contribution in [0.4, 0.5) is 5.69 Å². The number of hydrogen-bond acceptors (Lipinski definition) is 5. The van der Waals surface area contributed by atoms with Crippen molar-refractivity contribution in [2.24, 2.45) is 11.8 Å². The smallest absolute Gasteiger partial charge is 0.241 e. The molecule has 3 aromatic rings. The van der Waals surface area contributed by atoms with Gasteiger partial charge in [-0.15, -0.1) is 0 Å². The van der Waals surface area contributed by atoms with Crippen molar-refractivity contribution >= 4 is 67.6 Å². The van der Waals surface area contributed by atoms with Gasteiger partial charge in [0.1, 0.15) is 0 Å². The minimum Gasteiger partial charge on any atom is -0.349 e. The Kier molecular flexibility index (Phi) is 4.91. The van der Waals surface area contributed by atoms with E-state index in [1.807, 2.05) is 12.1 Å². The lowest BCUT2D eigenvalue weighted by atomic mass is 9.77. The summed E-state index contributed by atoms with van der Waals surface area (Å²) < 4.78 is 7.76. The Labute approximate surface area is 216 Å². The monoisotopic (exact) mass is 627 g/mol. The number of rotatable bonds is 2. The molecule has 0 unspecified atom stereocenters. The molecule has 0 radical (unpaired) electrons. The van der Waals surface area contributed by atoms with Crippen molar-refractivity contribution in [1.82, 2.24) is 0 Å². The van der Waals surface area contributed by atoms with Gasteiger partial charge in [-0.1, -0.05) is 64.5 Å². The molecule has 0 N–H and O–H groups in total. The van der Waals surface area contributed by atoms with Crippen molar-refractivity contribution in [2.75, 3.05) is 4.90 Å². The Hall–Kier alpha value is -2.69. The lowest BCUT2D eigenvalue weighted by molar-refractivity contribution is -0.127. The molecule has 1 aliphatic carbocycles. The van der Waals surface area contributed by atoms with E-state index < -0.39 is 46.9 Å². The molecule has 168 valence electrons. The highest BCUT2D eigenvalue weighted by Gasteiger charge is 2.74. The van der Waals surface area contributed by atoms with Gasteiger partial charge in [-0.05, 0) is 52.4 Å². The number of fused-ring (bicyclic) bond motifs is 3. The zero-order valence-electron chi connectivity index (χ0n) is 17.4. The zero-order chi connectivity index (χ0) is 23.8. The summed E-state index contributed by atoms with van der Waals surface area (Å²) in [7, 11) is 0. The quantitative estimate of drug-likeness (QED) is 0.233. The van der Waals surface area contributed by atoms with E-state index in [1.54, 1.807) is 60.7 Å². The minimum atomic E-state index is -2.07. The normalized spacial score (nSPS) is 24.8. The van der Waals surface area contributed by atoms with Crippen LogP contribution in [0, 0.1) is 15.4 Å². The fraction of sp³-hybridized carbons (Fsp3) is 0.154. The van der Waals surface area contributed by atoms with Gasteiger partial charge < -0.3 is 4.74 Å². The summed E-state index contributed by atoms with van der Waals surface area (Å²) in [5, 5.41) is 0. The number of carbonyl (C=O) groups excluding carboxylic acids is 4. The van der Waals surface area contributed by atoms with Crippen LogP contribution in [0.25, 0.3) is 0 Å². The third kappa shape index (κ3) is 2.76. The third-order valence-electron chi connectivity index (χ3n) is 6.79. The predicted octanol–water partition coefficient (Wildman–Crippen LogP) is 4.75. The highest BCUT2D eigenvalue weighted by atomic mass is 127. The van der Waals surface area contributed by atoms with E-state index in [-0.39, 0.29) is 11.1 Å². The maximum Gasteiger partial charge on any atom is 0.241 e. The first kappa shape index (κ1) is 21.8. The number of para-hydroxylation sites is 1. The van der Waals surface area contributed by atoms with Crippen molar-refractivity contribution < 1.29 is 23.9 Å². The van der Waals surface area contributed by atoms with Gasteiger partial charge in [0.25, 0.3) is 0 Å². The molecule has 8 heteroatoms. The maximum atomic E-state index is 13.9. The fourth-order valence-electron chi connectivity index (χ4n) is 5.37. The first-order valence-electron chi connectivity index (χ1n) is 10.6. The van der Waals surface area contributed by atoms with Gasteiger partial charge in [0.2, 0.25) is 29.0 Å². The van der Waals surface area contributed by atoms with Crippen molar-refractivity contribution in [3.05, 3.63) is 97.5 Å². The molecule has 0 saturated carbocycles. The van der Waals surface area contributed by atoms with E-state index in [1.165, 1.54) is 0 Å². The molecule has 2 aliphatic heterocycles. The van der Waals surface area contributed by atoms with Crippen LogP contribution in [-0.4, -0.2) is 29.0 Å². The van der Waals surface area contributed by atoms with Crippen LogP contribution in [0.2, 0.25) is 0 Å².